The van der Waals surface area contributed by atoms with E-state index in [0.717, 1.165) is 5.56 Å². The Bertz CT molecular complexity index is 365. The summed E-state index contributed by atoms with van der Waals surface area (Å²) in [5.41, 5.74) is 6.21. The lowest BCUT2D eigenvalue weighted by Gasteiger charge is -2.03. The molecule has 0 saturated carbocycles. The second-order valence-electron chi connectivity index (χ2n) is 3.24. The molecule has 1 rings (SSSR count). The third-order valence-electron chi connectivity index (χ3n) is 1.87. The van der Waals surface area contributed by atoms with Gasteiger partial charge in [-0.3, -0.25) is 5.41 Å². The molecule has 94 valence electrons. The molecule has 1 aromatic carbocycles. The van der Waals surface area contributed by atoms with E-state index in [4.69, 9.17) is 15.9 Å². The average molecular weight is 259 g/mol. The first-order chi connectivity index (χ1) is 7.72. The molecular weight excluding hydrogens is 243 g/mol. The summed E-state index contributed by atoms with van der Waals surface area (Å²) in [6.45, 7) is -0.403. The second-order valence-corrected chi connectivity index (χ2v) is 3.24. The van der Waals surface area contributed by atoms with E-state index in [1.54, 1.807) is 12.1 Å². The number of halogens is 2. The fourth-order valence-corrected chi connectivity index (χ4v) is 1.15. The van der Waals surface area contributed by atoms with Gasteiger partial charge in [-0.1, -0.05) is 24.3 Å². The molecule has 0 fully saturated rings. The molecule has 0 aliphatic carbocycles. The second kappa shape index (κ2) is 8.58. The third kappa shape index (κ3) is 6.58. The first kappa shape index (κ1) is 15.4. The van der Waals surface area contributed by atoms with Crippen LogP contribution in [0.25, 0.3) is 6.08 Å². The number of ether oxygens (including phenoxy) is 1. The SMILES string of the molecule is Cl.N=C(N)C/C=C/c1ccc(OCCF)cc1. The predicted octanol–water partition coefficient (Wildman–Crippen LogP) is 2.80. The van der Waals surface area contributed by atoms with Crippen LogP contribution in [-0.2, 0) is 0 Å². The van der Waals surface area contributed by atoms with Crippen molar-refractivity contribution in [3.63, 3.8) is 0 Å². The summed E-state index contributed by atoms with van der Waals surface area (Å²) < 4.78 is 16.9. The summed E-state index contributed by atoms with van der Waals surface area (Å²) in [6, 6.07) is 7.29. The number of nitrogens with one attached hydrogen (secondary N) is 1. The summed E-state index contributed by atoms with van der Waals surface area (Å²) in [6.07, 6.45) is 4.14. The Morgan fingerprint density at radius 3 is 2.53 bits per heavy atom. The summed E-state index contributed by atoms with van der Waals surface area (Å²) >= 11 is 0. The normalized spacial score (nSPS) is 9.94. The van der Waals surface area contributed by atoms with E-state index in [9.17, 15) is 4.39 Å². The molecular formula is C12H16ClFN2O. The van der Waals surface area contributed by atoms with Crippen LogP contribution in [0.15, 0.2) is 30.3 Å². The number of hydrogen-bond donors (Lipinski definition) is 2. The van der Waals surface area contributed by atoms with Crippen LogP contribution in [0, 0.1) is 5.41 Å². The molecule has 0 bridgehead atoms. The molecule has 1 aromatic rings. The zero-order chi connectivity index (χ0) is 11.8. The fourth-order valence-electron chi connectivity index (χ4n) is 1.15. The van der Waals surface area contributed by atoms with Crippen molar-refractivity contribution in [2.24, 2.45) is 5.73 Å². The van der Waals surface area contributed by atoms with Gasteiger partial charge in [0.15, 0.2) is 0 Å². The maximum absolute atomic E-state index is 11.8. The van der Waals surface area contributed by atoms with Gasteiger partial charge in [0.1, 0.15) is 19.0 Å². The molecule has 0 radical (unpaired) electrons. The topological polar surface area (TPSA) is 59.1 Å². The predicted molar refractivity (Wildman–Crippen MR) is 70.7 cm³/mol. The molecule has 3 nitrogen and oxygen atoms in total. The molecule has 5 heteroatoms. The Kier molecular flexibility index (Phi) is 7.80. The van der Waals surface area contributed by atoms with Gasteiger partial charge in [-0.15, -0.1) is 12.4 Å². The maximum Gasteiger partial charge on any atom is 0.123 e. The lowest BCUT2D eigenvalue weighted by Crippen LogP contribution is -2.06. The van der Waals surface area contributed by atoms with Crippen molar-refractivity contribution in [3.05, 3.63) is 35.9 Å². The first-order valence-corrected chi connectivity index (χ1v) is 5.00. The van der Waals surface area contributed by atoms with Crippen molar-refractivity contribution in [2.45, 2.75) is 6.42 Å². The van der Waals surface area contributed by atoms with Crippen molar-refractivity contribution in [1.82, 2.24) is 0 Å². The van der Waals surface area contributed by atoms with Gasteiger partial charge in [0.25, 0.3) is 0 Å². The maximum atomic E-state index is 11.8. The van der Waals surface area contributed by atoms with Gasteiger partial charge in [0, 0.05) is 6.42 Å². The smallest absolute Gasteiger partial charge is 0.123 e. The first-order valence-electron chi connectivity index (χ1n) is 5.00. The quantitative estimate of drug-likeness (QED) is 0.609. The number of amidine groups is 1. The summed E-state index contributed by atoms with van der Waals surface area (Å²) in [5, 5.41) is 7.04. The van der Waals surface area contributed by atoms with Crippen molar-refractivity contribution in [3.8, 4) is 5.75 Å². The molecule has 0 aromatic heterocycles. The Labute approximate surface area is 106 Å². The Morgan fingerprint density at radius 1 is 1.35 bits per heavy atom. The van der Waals surface area contributed by atoms with Gasteiger partial charge in [-0.05, 0) is 17.7 Å². The van der Waals surface area contributed by atoms with Crippen molar-refractivity contribution < 1.29 is 9.13 Å². The molecule has 0 saturated heterocycles. The molecule has 0 atom stereocenters. The van der Waals surface area contributed by atoms with E-state index >= 15 is 0 Å². The summed E-state index contributed by atoms with van der Waals surface area (Å²) in [4.78, 5) is 0. The Morgan fingerprint density at radius 2 is 2.00 bits per heavy atom. The zero-order valence-corrected chi connectivity index (χ0v) is 10.2. The van der Waals surface area contributed by atoms with Crippen molar-refractivity contribution >= 4 is 24.3 Å². The van der Waals surface area contributed by atoms with Crippen LogP contribution in [0.5, 0.6) is 5.75 Å². The molecule has 0 unspecified atom stereocenters. The van der Waals surface area contributed by atoms with E-state index in [2.05, 4.69) is 0 Å². The van der Waals surface area contributed by atoms with Crippen LogP contribution >= 0.6 is 12.4 Å². The van der Waals surface area contributed by atoms with Gasteiger partial charge in [-0.2, -0.15) is 0 Å². The van der Waals surface area contributed by atoms with E-state index in [0.29, 0.717) is 12.2 Å². The number of benzene rings is 1. The zero-order valence-electron chi connectivity index (χ0n) is 9.36. The summed E-state index contributed by atoms with van der Waals surface area (Å²) in [7, 11) is 0. The van der Waals surface area contributed by atoms with Gasteiger partial charge in [0.2, 0.25) is 0 Å². The van der Waals surface area contributed by atoms with Gasteiger partial charge < -0.3 is 10.5 Å². The molecule has 0 heterocycles. The highest BCUT2D eigenvalue weighted by molar-refractivity contribution is 5.85. The van der Waals surface area contributed by atoms with E-state index in [-0.39, 0.29) is 24.8 Å². The number of hydrogen-bond acceptors (Lipinski definition) is 2. The minimum atomic E-state index is -0.486. The molecule has 3 N–H and O–H groups in total. The van der Waals surface area contributed by atoms with Crippen LogP contribution < -0.4 is 10.5 Å². The molecule has 0 spiro atoms. The minimum absolute atomic E-state index is 0. The minimum Gasteiger partial charge on any atom is -0.491 e. The lowest BCUT2D eigenvalue weighted by atomic mass is 10.2. The van der Waals surface area contributed by atoms with Crippen LogP contribution in [0.1, 0.15) is 12.0 Å². The molecule has 0 aliphatic rings. The fraction of sp³-hybridized carbons (Fsp3) is 0.250. The van der Waals surface area contributed by atoms with Crippen molar-refractivity contribution in [1.29, 1.82) is 5.41 Å². The number of alkyl halides is 1. The monoisotopic (exact) mass is 258 g/mol. The molecule has 0 amide bonds. The van der Waals surface area contributed by atoms with Crippen LogP contribution in [0.3, 0.4) is 0 Å². The van der Waals surface area contributed by atoms with Crippen LogP contribution in [0.4, 0.5) is 4.39 Å². The van der Waals surface area contributed by atoms with E-state index in [1.165, 1.54) is 0 Å². The van der Waals surface area contributed by atoms with Gasteiger partial charge in [0.05, 0.1) is 5.84 Å². The van der Waals surface area contributed by atoms with Crippen molar-refractivity contribution in [2.75, 3.05) is 13.3 Å². The highest BCUT2D eigenvalue weighted by Crippen LogP contribution is 2.13. The van der Waals surface area contributed by atoms with E-state index < -0.39 is 6.67 Å². The molecule has 17 heavy (non-hydrogen) atoms. The Balaban J connectivity index is 0.00000256. The van der Waals surface area contributed by atoms with Gasteiger partial charge >= 0.3 is 0 Å². The number of rotatable bonds is 6. The van der Waals surface area contributed by atoms with Gasteiger partial charge in [-0.25, -0.2) is 4.39 Å². The number of nitrogens with two attached hydrogens (primary N) is 1. The lowest BCUT2D eigenvalue weighted by molar-refractivity contribution is 0.273. The molecule has 0 aliphatic heterocycles. The van der Waals surface area contributed by atoms with E-state index in [1.807, 2.05) is 24.3 Å². The summed E-state index contributed by atoms with van der Waals surface area (Å²) in [5.74, 6) is 0.792. The average Bonchev–Trinajstić information content (AvgIpc) is 2.27. The highest BCUT2D eigenvalue weighted by Gasteiger charge is 1.93. The largest absolute Gasteiger partial charge is 0.491 e. The van der Waals surface area contributed by atoms with Crippen LogP contribution in [-0.4, -0.2) is 19.1 Å². The Hall–Kier alpha value is -1.55. The third-order valence-corrected chi connectivity index (χ3v) is 1.87. The standard InChI is InChI=1S/C12H15FN2O.ClH/c13-8-9-16-11-6-4-10(5-7-11)2-1-3-12(14)15;/h1-2,4-7H,3,8-9H2,(H3,14,15);1H/b2-1+;. The highest BCUT2D eigenvalue weighted by atomic mass is 35.5. The van der Waals surface area contributed by atoms with Crippen LogP contribution in [0.2, 0.25) is 0 Å².